The summed E-state index contributed by atoms with van der Waals surface area (Å²) in [6.45, 7) is 7.68. The van der Waals surface area contributed by atoms with Gasteiger partial charge in [0.05, 0.1) is 7.11 Å². The predicted octanol–water partition coefficient (Wildman–Crippen LogP) is 3.74. The lowest BCUT2D eigenvalue weighted by molar-refractivity contribution is -0.120. The number of carbonyl (C=O) groups excluding carboxylic acids is 2. The monoisotopic (exact) mass is 488 g/mol. The van der Waals surface area contributed by atoms with Gasteiger partial charge in [-0.25, -0.2) is 4.79 Å². The van der Waals surface area contributed by atoms with Gasteiger partial charge in [0, 0.05) is 6.61 Å². The normalized spacial score (nSPS) is 24.3. The Morgan fingerprint density at radius 2 is 2.00 bits per heavy atom. The third kappa shape index (κ3) is 7.13. The highest BCUT2D eigenvalue weighted by Crippen LogP contribution is 2.51. The van der Waals surface area contributed by atoms with E-state index in [0.29, 0.717) is 36.2 Å². The van der Waals surface area contributed by atoms with E-state index < -0.39 is 23.6 Å². The molecule has 0 aromatic heterocycles. The molecule has 5 atom stereocenters. The number of fused-ring (bicyclic) bond motifs is 3. The predicted molar refractivity (Wildman–Crippen MR) is 133 cm³/mol. The average molecular weight is 489 g/mol. The van der Waals surface area contributed by atoms with E-state index in [0.717, 1.165) is 24.8 Å². The van der Waals surface area contributed by atoms with Gasteiger partial charge in [0.15, 0.2) is 11.5 Å². The van der Waals surface area contributed by atoms with E-state index >= 15 is 0 Å². The van der Waals surface area contributed by atoms with Crippen molar-refractivity contribution < 1.29 is 28.9 Å². The molecule has 1 aromatic rings. The van der Waals surface area contributed by atoms with Crippen LogP contribution in [0.25, 0.3) is 0 Å². The number of alkyl carbamates (subject to hydrolysis) is 1. The van der Waals surface area contributed by atoms with E-state index in [1.165, 1.54) is 5.57 Å². The second-order valence-electron chi connectivity index (χ2n) is 10.7. The van der Waals surface area contributed by atoms with Gasteiger partial charge in [-0.3, -0.25) is 4.79 Å². The second-order valence-corrected chi connectivity index (χ2v) is 10.7. The zero-order chi connectivity index (χ0) is 25.8. The molecule has 4 rings (SSSR count). The summed E-state index contributed by atoms with van der Waals surface area (Å²) in [5.41, 5.74) is 7.29. The Morgan fingerprint density at radius 3 is 2.63 bits per heavy atom. The number of rotatable bonds is 10. The molecule has 4 N–H and O–H groups in total. The number of carbonyl (C=O) groups is 2. The number of amides is 2. The van der Waals surface area contributed by atoms with Crippen molar-refractivity contribution in [2.24, 2.45) is 23.5 Å². The lowest BCUT2D eigenvalue weighted by Gasteiger charge is -2.43. The molecule has 2 bridgehead atoms. The fourth-order valence-electron chi connectivity index (χ4n) is 5.09. The molecule has 35 heavy (non-hydrogen) atoms. The van der Waals surface area contributed by atoms with Gasteiger partial charge >= 0.3 is 6.09 Å². The lowest BCUT2D eigenvalue weighted by atomic mass is 9.63. The maximum atomic E-state index is 12.2. The molecule has 0 saturated heterocycles. The number of nitrogens with one attached hydrogen (secondary N) is 1. The van der Waals surface area contributed by atoms with Crippen LogP contribution in [-0.4, -0.2) is 48.6 Å². The highest BCUT2D eigenvalue weighted by atomic mass is 16.6. The van der Waals surface area contributed by atoms with Crippen LogP contribution in [0.4, 0.5) is 4.79 Å². The maximum absolute atomic E-state index is 12.2. The Balaban J connectivity index is 1.73. The van der Waals surface area contributed by atoms with Crippen molar-refractivity contribution in [3.8, 4) is 11.5 Å². The molecule has 194 valence electrons. The van der Waals surface area contributed by atoms with Crippen LogP contribution in [-0.2, 0) is 16.0 Å². The summed E-state index contributed by atoms with van der Waals surface area (Å²) in [5.74, 6) is 1.72. The van der Waals surface area contributed by atoms with Crippen LogP contribution < -0.4 is 20.5 Å². The first kappa shape index (κ1) is 26.9. The van der Waals surface area contributed by atoms with Crippen molar-refractivity contribution >= 4 is 12.0 Å². The number of benzene rings is 1. The van der Waals surface area contributed by atoms with Gasteiger partial charge in [-0.05, 0) is 94.4 Å². The quantitative estimate of drug-likeness (QED) is 0.432. The van der Waals surface area contributed by atoms with Crippen LogP contribution in [0.5, 0.6) is 11.5 Å². The summed E-state index contributed by atoms with van der Waals surface area (Å²) in [6.07, 6.45) is 5.10. The zero-order valence-electron chi connectivity index (χ0n) is 21.5. The van der Waals surface area contributed by atoms with Gasteiger partial charge in [-0.15, -0.1) is 0 Å². The molecule has 1 aromatic carbocycles. The van der Waals surface area contributed by atoms with Crippen molar-refractivity contribution in [3.63, 3.8) is 0 Å². The molecule has 3 aliphatic carbocycles. The molecule has 5 unspecified atom stereocenters. The molecule has 0 aliphatic heterocycles. The van der Waals surface area contributed by atoms with Crippen molar-refractivity contribution in [3.05, 3.63) is 35.4 Å². The van der Waals surface area contributed by atoms with Crippen molar-refractivity contribution in [1.29, 1.82) is 0 Å². The summed E-state index contributed by atoms with van der Waals surface area (Å²) >= 11 is 0. The number of primary amides is 1. The first-order chi connectivity index (χ1) is 16.5. The second kappa shape index (κ2) is 11.3. The first-order valence-corrected chi connectivity index (χ1v) is 12.4. The molecule has 1 fully saturated rings. The molecule has 0 heterocycles. The van der Waals surface area contributed by atoms with E-state index in [2.05, 4.69) is 18.3 Å². The number of allylic oxidation sites excluding steroid dienone is 1. The summed E-state index contributed by atoms with van der Waals surface area (Å²) in [4.78, 5) is 24.4. The number of aliphatic hydroxyl groups is 1. The zero-order valence-corrected chi connectivity index (χ0v) is 21.5. The van der Waals surface area contributed by atoms with Gasteiger partial charge in [-0.1, -0.05) is 18.6 Å². The van der Waals surface area contributed by atoms with E-state index in [-0.39, 0.29) is 18.6 Å². The Kier molecular flexibility index (Phi) is 8.70. The standard InChI is InChI=1S/C27H40N2O6/c1-16-11-19(34-24-12-17(7-6-10-30)8-9-23(24)33-5)13-18-14-20(16)21(18)15-22(25(28)31)29-26(32)35-27(2,3)4/h8-9,12-13,16,19-22,30H,6-7,10-11,14-15H2,1-5H3,(H2,28,31)(H,29,32). The summed E-state index contributed by atoms with van der Waals surface area (Å²) in [7, 11) is 1.62. The highest BCUT2D eigenvalue weighted by Gasteiger charge is 2.44. The highest BCUT2D eigenvalue weighted by molar-refractivity contribution is 5.84. The first-order valence-electron chi connectivity index (χ1n) is 12.4. The van der Waals surface area contributed by atoms with Crippen molar-refractivity contribution in [1.82, 2.24) is 5.32 Å². The van der Waals surface area contributed by atoms with Crippen LogP contribution in [0.15, 0.2) is 29.8 Å². The largest absolute Gasteiger partial charge is 0.493 e. The molecule has 2 amide bonds. The van der Waals surface area contributed by atoms with E-state index in [9.17, 15) is 9.59 Å². The summed E-state index contributed by atoms with van der Waals surface area (Å²) < 4.78 is 17.2. The lowest BCUT2D eigenvalue weighted by Crippen LogP contribution is -2.49. The smallest absolute Gasteiger partial charge is 0.408 e. The average Bonchev–Trinajstić information content (AvgIpc) is 2.99. The number of nitrogens with two attached hydrogens (primary N) is 1. The summed E-state index contributed by atoms with van der Waals surface area (Å²) in [6, 6.07) is 5.08. The van der Waals surface area contributed by atoms with Crippen molar-refractivity contribution in [2.75, 3.05) is 13.7 Å². The van der Waals surface area contributed by atoms with Gasteiger partial charge in [0.25, 0.3) is 0 Å². The number of hydrogen-bond acceptors (Lipinski definition) is 6. The Bertz CT molecular complexity index is 938. The molecule has 1 saturated carbocycles. The molecule has 8 heteroatoms. The third-order valence-electron chi connectivity index (χ3n) is 6.85. The van der Waals surface area contributed by atoms with E-state index in [4.69, 9.17) is 25.1 Å². The van der Waals surface area contributed by atoms with Crippen LogP contribution in [0.2, 0.25) is 0 Å². The minimum absolute atomic E-state index is 0.122. The molecular weight excluding hydrogens is 448 g/mol. The van der Waals surface area contributed by atoms with Gasteiger partial charge in [0.2, 0.25) is 5.91 Å². The fourth-order valence-corrected chi connectivity index (χ4v) is 5.09. The Morgan fingerprint density at radius 1 is 1.26 bits per heavy atom. The number of hydrogen-bond donors (Lipinski definition) is 3. The third-order valence-corrected chi connectivity index (χ3v) is 6.85. The number of aryl methyl sites for hydroxylation is 1. The molecule has 8 nitrogen and oxygen atoms in total. The minimum atomic E-state index is -0.797. The minimum Gasteiger partial charge on any atom is -0.493 e. The van der Waals surface area contributed by atoms with E-state index in [1.807, 2.05) is 18.2 Å². The molecule has 0 spiro atoms. The molecule has 0 radical (unpaired) electrons. The number of ether oxygens (including phenoxy) is 3. The SMILES string of the molecule is COc1ccc(CCCO)cc1OC1C=C2CC(C(C)C1)C2CC(NC(=O)OC(C)(C)C)C(N)=O. The Hall–Kier alpha value is -2.74. The van der Waals surface area contributed by atoms with Crippen LogP contribution in [0.3, 0.4) is 0 Å². The Labute approximate surface area is 208 Å². The van der Waals surface area contributed by atoms with Crippen molar-refractivity contribution in [2.45, 2.75) is 77.5 Å². The van der Waals surface area contributed by atoms with Crippen LogP contribution in [0.1, 0.15) is 58.9 Å². The molecular formula is C27H40N2O6. The number of methoxy groups -OCH3 is 1. The maximum Gasteiger partial charge on any atom is 0.408 e. The molecule has 3 aliphatic rings. The fraction of sp³-hybridized carbons (Fsp3) is 0.630. The van der Waals surface area contributed by atoms with Gasteiger partial charge in [0.1, 0.15) is 17.7 Å². The van der Waals surface area contributed by atoms with Gasteiger partial charge in [-0.2, -0.15) is 0 Å². The van der Waals surface area contributed by atoms with Crippen LogP contribution >= 0.6 is 0 Å². The topological polar surface area (TPSA) is 120 Å². The van der Waals surface area contributed by atoms with Gasteiger partial charge < -0.3 is 30.4 Å². The summed E-state index contributed by atoms with van der Waals surface area (Å²) in [5, 5.41) is 11.8. The number of aliphatic hydroxyl groups excluding tert-OH is 1. The van der Waals surface area contributed by atoms with Crippen LogP contribution in [0, 0.1) is 17.8 Å². The van der Waals surface area contributed by atoms with E-state index in [1.54, 1.807) is 27.9 Å².